The van der Waals surface area contributed by atoms with Crippen LogP contribution in [0.5, 0.6) is 0 Å². The minimum absolute atomic E-state index is 0.00264. The van der Waals surface area contributed by atoms with Crippen LogP contribution in [0, 0.1) is 6.92 Å². The molecule has 3 N–H and O–H groups in total. The number of nitrogens with two attached hydrogens (primary N) is 1. The average molecular weight is 420 g/mol. The summed E-state index contributed by atoms with van der Waals surface area (Å²) in [4.78, 5) is 16.6. The van der Waals surface area contributed by atoms with Crippen LogP contribution in [0.3, 0.4) is 0 Å². The molecule has 1 aliphatic rings. The number of carbonyl (C=O) groups is 1. The van der Waals surface area contributed by atoms with Crippen LogP contribution in [0.25, 0.3) is 5.69 Å². The zero-order chi connectivity index (χ0) is 21.0. The SMILES string of the molecule is CCCO[C@@H]1C[C@@H](c2nc(CC(=O)NC)nn2-c2ccc(C)c(Cl)c2)CC[C@H]1N. The highest BCUT2D eigenvalue weighted by Gasteiger charge is 2.33. The number of nitrogens with zero attached hydrogens (tertiary/aromatic N) is 3. The number of ether oxygens (including phenoxy) is 1. The van der Waals surface area contributed by atoms with Crippen molar-refractivity contribution in [2.45, 2.75) is 64.0 Å². The van der Waals surface area contributed by atoms with Crippen molar-refractivity contribution in [3.8, 4) is 5.69 Å². The molecule has 2 aromatic rings. The van der Waals surface area contributed by atoms with Gasteiger partial charge in [0.25, 0.3) is 0 Å². The van der Waals surface area contributed by atoms with E-state index < -0.39 is 0 Å². The Kier molecular flexibility index (Phi) is 7.27. The fourth-order valence-electron chi connectivity index (χ4n) is 3.69. The molecule has 3 atom stereocenters. The smallest absolute Gasteiger partial charge is 0.227 e. The van der Waals surface area contributed by atoms with Crippen LogP contribution in [0.15, 0.2) is 18.2 Å². The average Bonchev–Trinajstić information content (AvgIpc) is 3.13. The molecule has 7 nitrogen and oxygen atoms in total. The molecular weight excluding hydrogens is 390 g/mol. The minimum Gasteiger partial charge on any atom is -0.377 e. The van der Waals surface area contributed by atoms with Crippen molar-refractivity contribution in [3.05, 3.63) is 40.4 Å². The Morgan fingerprint density at radius 1 is 1.41 bits per heavy atom. The van der Waals surface area contributed by atoms with Gasteiger partial charge in [0.1, 0.15) is 5.82 Å². The van der Waals surface area contributed by atoms with Crippen LogP contribution in [-0.4, -0.2) is 46.5 Å². The summed E-state index contributed by atoms with van der Waals surface area (Å²) in [5, 5.41) is 7.94. The molecule has 3 rings (SSSR count). The van der Waals surface area contributed by atoms with Gasteiger partial charge in [-0.15, -0.1) is 0 Å². The van der Waals surface area contributed by atoms with Crippen molar-refractivity contribution >= 4 is 17.5 Å². The molecule has 0 spiro atoms. The molecule has 0 aliphatic heterocycles. The van der Waals surface area contributed by atoms with Gasteiger partial charge in [-0.1, -0.05) is 24.6 Å². The number of hydrogen-bond acceptors (Lipinski definition) is 5. The van der Waals surface area contributed by atoms with Gasteiger partial charge < -0.3 is 15.8 Å². The van der Waals surface area contributed by atoms with Gasteiger partial charge >= 0.3 is 0 Å². The predicted octanol–water partition coefficient (Wildman–Crippen LogP) is 2.91. The summed E-state index contributed by atoms with van der Waals surface area (Å²) in [5.74, 6) is 1.37. The van der Waals surface area contributed by atoms with Crippen LogP contribution in [0.2, 0.25) is 5.02 Å². The first-order chi connectivity index (χ1) is 13.9. The van der Waals surface area contributed by atoms with Gasteiger partial charge in [-0.2, -0.15) is 5.10 Å². The Hall–Kier alpha value is -1.96. The lowest BCUT2D eigenvalue weighted by molar-refractivity contribution is -0.120. The number of likely N-dealkylation sites (N-methyl/N-ethyl adjacent to an activating group) is 1. The van der Waals surface area contributed by atoms with E-state index in [9.17, 15) is 4.79 Å². The van der Waals surface area contributed by atoms with Crippen molar-refractivity contribution < 1.29 is 9.53 Å². The van der Waals surface area contributed by atoms with Crippen molar-refractivity contribution in [3.63, 3.8) is 0 Å². The number of nitrogens with one attached hydrogen (secondary N) is 1. The second kappa shape index (κ2) is 9.69. The highest BCUT2D eigenvalue weighted by molar-refractivity contribution is 6.31. The molecule has 1 aromatic heterocycles. The maximum Gasteiger partial charge on any atom is 0.227 e. The molecule has 1 heterocycles. The first-order valence-electron chi connectivity index (χ1n) is 10.2. The Balaban J connectivity index is 1.95. The summed E-state index contributed by atoms with van der Waals surface area (Å²) in [6.45, 7) is 4.76. The third kappa shape index (κ3) is 5.15. The van der Waals surface area contributed by atoms with Gasteiger partial charge in [-0.25, -0.2) is 9.67 Å². The molecule has 1 aromatic carbocycles. The lowest BCUT2D eigenvalue weighted by Crippen LogP contribution is -2.42. The Bertz CT molecular complexity index is 854. The zero-order valence-corrected chi connectivity index (χ0v) is 18.1. The molecule has 158 valence electrons. The van der Waals surface area contributed by atoms with Gasteiger partial charge in [0.05, 0.1) is 18.2 Å². The molecular formula is C21H30ClN5O2. The molecule has 0 unspecified atom stereocenters. The maximum absolute atomic E-state index is 11.9. The lowest BCUT2D eigenvalue weighted by atomic mass is 9.83. The van der Waals surface area contributed by atoms with Gasteiger partial charge in [0.15, 0.2) is 5.82 Å². The third-order valence-corrected chi connectivity index (χ3v) is 5.82. The summed E-state index contributed by atoms with van der Waals surface area (Å²) in [7, 11) is 1.61. The van der Waals surface area contributed by atoms with E-state index in [1.54, 1.807) is 7.05 Å². The summed E-state index contributed by atoms with van der Waals surface area (Å²) in [5.41, 5.74) is 8.14. The molecule has 29 heavy (non-hydrogen) atoms. The van der Waals surface area contributed by atoms with Crippen molar-refractivity contribution in [2.75, 3.05) is 13.7 Å². The van der Waals surface area contributed by atoms with E-state index in [1.165, 1.54) is 0 Å². The Morgan fingerprint density at radius 2 is 2.21 bits per heavy atom. The van der Waals surface area contributed by atoms with Crippen LogP contribution in [0.4, 0.5) is 0 Å². The molecule has 8 heteroatoms. The highest BCUT2D eigenvalue weighted by atomic mass is 35.5. The van der Waals surface area contributed by atoms with E-state index in [0.717, 1.165) is 42.8 Å². The monoisotopic (exact) mass is 419 g/mol. The highest BCUT2D eigenvalue weighted by Crippen LogP contribution is 2.34. The van der Waals surface area contributed by atoms with Crippen LogP contribution < -0.4 is 11.1 Å². The van der Waals surface area contributed by atoms with E-state index in [1.807, 2.05) is 29.8 Å². The number of aromatic nitrogens is 3. The van der Waals surface area contributed by atoms with Gasteiger partial charge in [0.2, 0.25) is 5.91 Å². The summed E-state index contributed by atoms with van der Waals surface area (Å²) >= 11 is 6.35. The lowest BCUT2D eigenvalue weighted by Gasteiger charge is -2.33. The number of carbonyl (C=O) groups excluding carboxylic acids is 1. The van der Waals surface area contributed by atoms with E-state index in [-0.39, 0.29) is 30.4 Å². The van der Waals surface area contributed by atoms with Gasteiger partial charge in [-0.05, 0) is 50.3 Å². The molecule has 0 bridgehead atoms. The molecule has 1 saturated carbocycles. The predicted molar refractivity (Wildman–Crippen MR) is 113 cm³/mol. The number of benzene rings is 1. The molecule has 1 aliphatic carbocycles. The van der Waals surface area contributed by atoms with Gasteiger partial charge in [0, 0.05) is 30.6 Å². The molecule has 1 fully saturated rings. The quantitative estimate of drug-likeness (QED) is 0.719. The van der Waals surface area contributed by atoms with E-state index in [4.69, 9.17) is 27.1 Å². The van der Waals surface area contributed by atoms with Crippen LogP contribution in [0.1, 0.15) is 55.7 Å². The molecule has 1 amide bonds. The first-order valence-corrected chi connectivity index (χ1v) is 10.6. The summed E-state index contributed by atoms with van der Waals surface area (Å²) in [6, 6.07) is 5.86. The topological polar surface area (TPSA) is 95.1 Å². The van der Waals surface area contributed by atoms with Gasteiger partial charge in [-0.3, -0.25) is 4.79 Å². The number of hydrogen-bond donors (Lipinski definition) is 2. The Labute approximate surface area is 177 Å². The van der Waals surface area contributed by atoms with Crippen molar-refractivity contribution in [1.82, 2.24) is 20.1 Å². The largest absolute Gasteiger partial charge is 0.377 e. The van der Waals surface area contributed by atoms with E-state index >= 15 is 0 Å². The minimum atomic E-state index is -0.120. The zero-order valence-electron chi connectivity index (χ0n) is 17.3. The third-order valence-electron chi connectivity index (χ3n) is 5.42. The normalized spacial score (nSPS) is 21.9. The van der Waals surface area contributed by atoms with Crippen molar-refractivity contribution in [2.24, 2.45) is 5.73 Å². The number of rotatable bonds is 7. The van der Waals surface area contributed by atoms with Crippen molar-refractivity contribution in [1.29, 1.82) is 0 Å². The molecule has 0 radical (unpaired) electrons. The van der Waals surface area contributed by atoms with E-state index in [2.05, 4.69) is 17.3 Å². The fourth-order valence-corrected chi connectivity index (χ4v) is 3.87. The standard InChI is InChI=1S/C21H30ClN5O2/c1-4-9-29-18-10-14(6-8-17(18)23)21-25-19(12-20(28)24-3)26-27(21)15-7-5-13(2)16(22)11-15/h5,7,11,14,17-18H,4,6,8-10,12,23H2,1-3H3,(H,24,28)/t14-,17+,18+/m0/s1. The second-order valence-corrected chi connectivity index (χ2v) is 8.07. The second-order valence-electron chi connectivity index (χ2n) is 7.66. The number of halogens is 1. The summed E-state index contributed by atoms with van der Waals surface area (Å²) in [6.07, 6.45) is 3.66. The number of aryl methyl sites for hydroxylation is 1. The number of amides is 1. The Morgan fingerprint density at radius 3 is 2.90 bits per heavy atom. The summed E-state index contributed by atoms with van der Waals surface area (Å²) < 4.78 is 7.82. The first kappa shape index (κ1) is 21.7. The van der Waals surface area contributed by atoms with E-state index in [0.29, 0.717) is 17.5 Å². The molecule has 0 saturated heterocycles. The maximum atomic E-state index is 11.9. The fraction of sp³-hybridized carbons (Fsp3) is 0.571. The van der Waals surface area contributed by atoms with Crippen LogP contribution in [-0.2, 0) is 16.0 Å². The van der Waals surface area contributed by atoms with Crippen LogP contribution >= 0.6 is 11.6 Å².